The molecule has 3 aromatic carbocycles. The van der Waals surface area contributed by atoms with Crippen molar-refractivity contribution in [3.8, 4) is 28.1 Å². The fourth-order valence-corrected chi connectivity index (χ4v) is 3.24. The molecule has 0 aliphatic carbocycles. The van der Waals surface area contributed by atoms with Crippen molar-refractivity contribution in [1.82, 2.24) is 4.98 Å². The SMILES string of the molecule is Oc1ccccc1-c1cc(-c2ccccc2)c2cc(Br)ccc2n1. The predicted octanol–water partition coefficient (Wildman–Crippen LogP) is 6.04. The Labute approximate surface area is 148 Å². The van der Waals surface area contributed by atoms with Crippen molar-refractivity contribution in [2.75, 3.05) is 0 Å². The smallest absolute Gasteiger partial charge is 0.124 e. The summed E-state index contributed by atoms with van der Waals surface area (Å²) in [4.78, 5) is 4.75. The monoisotopic (exact) mass is 375 g/mol. The van der Waals surface area contributed by atoms with E-state index in [-0.39, 0.29) is 5.75 Å². The molecule has 0 unspecified atom stereocenters. The van der Waals surface area contributed by atoms with Crippen molar-refractivity contribution in [2.24, 2.45) is 0 Å². The summed E-state index contributed by atoms with van der Waals surface area (Å²) in [5.74, 6) is 0.237. The van der Waals surface area contributed by atoms with Crippen molar-refractivity contribution in [2.45, 2.75) is 0 Å². The second kappa shape index (κ2) is 6.10. The van der Waals surface area contributed by atoms with Gasteiger partial charge >= 0.3 is 0 Å². The second-order valence-corrected chi connectivity index (χ2v) is 6.52. The fourth-order valence-electron chi connectivity index (χ4n) is 2.88. The van der Waals surface area contributed by atoms with E-state index < -0.39 is 0 Å². The molecular formula is C21H14BrNO. The van der Waals surface area contributed by atoms with Crippen LogP contribution < -0.4 is 0 Å². The number of pyridine rings is 1. The first kappa shape index (κ1) is 14.9. The van der Waals surface area contributed by atoms with E-state index in [1.807, 2.05) is 54.6 Å². The number of para-hydroxylation sites is 1. The number of hydrogen-bond donors (Lipinski definition) is 1. The maximum atomic E-state index is 10.2. The lowest BCUT2D eigenvalue weighted by Gasteiger charge is -2.11. The Morgan fingerprint density at radius 1 is 0.750 bits per heavy atom. The molecule has 2 nitrogen and oxygen atoms in total. The highest BCUT2D eigenvalue weighted by molar-refractivity contribution is 9.10. The summed E-state index contributed by atoms with van der Waals surface area (Å²) >= 11 is 3.55. The second-order valence-electron chi connectivity index (χ2n) is 5.60. The minimum absolute atomic E-state index is 0.237. The molecule has 0 aliphatic rings. The first-order valence-corrected chi connectivity index (χ1v) is 8.46. The Morgan fingerprint density at radius 3 is 2.29 bits per heavy atom. The zero-order chi connectivity index (χ0) is 16.5. The van der Waals surface area contributed by atoms with E-state index in [2.05, 4.69) is 34.1 Å². The zero-order valence-electron chi connectivity index (χ0n) is 12.8. The van der Waals surface area contributed by atoms with Gasteiger partial charge in [0.1, 0.15) is 5.75 Å². The molecule has 0 bridgehead atoms. The molecule has 0 saturated carbocycles. The first-order valence-electron chi connectivity index (χ1n) is 7.66. The van der Waals surface area contributed by atoms with Gasteiger partial charge in [-0.25, -0.2) is 4.98 Å². The lowest BCUT2D eigenvalue weighted by molar-refractivity contribution is 0.477. The summed E-state index contributed by atoms with van der Waals surface area (Å²) in [5, 5.41) is 11.3. The van der Waals surface area contributed by atoms with E-state index in [9.17, 15) is 5.11 Å². The first-order chi connectivity index (χ1) is 11.7. The average Bonchev–Trinajstić information content (AvgIpc) is 2.62. The fraction of sp³-hybridized carbons (Fsp3) is 0. The molecule has 0 saturated heterocycles. The van der Waals surface area contributed by atoms with E-state index in [1.165, 1.54) is 0 Å². The third-order valence-corrected chi connectivity index (χ3v) is 4.53. The summed E-state index contributed by atoms with van der Waals surface area (Å²) in [5.41, 5.74) is 4.62. The maximum Gasteiger partial charge on any atom is 0.124 e. The molecule has 0 amide bonds. The summed E-state index contributed by atoms with van der Waals surface area (Å²) in [6.45, 7) is 0. The zero-order valence-corrected chi connectivity index (χ0v) is 14.4. The van der Waals surface area contributed by atoms with Crippen LogP contribution in [0.3, 0.4) is 0 Å². The summed E-state index contributed by atoms with van der Waals surface area (Å²) < 4.78 is 1.02. The summed E-state index contributed by atoms with van der Waals surface area (Å²) in [7, 11) is 0. The van der Waals surface area contributed by atoms with Crippen LogP contribution in [0.1, 0.15) is 0 Å². The lowest BCUT2D eigenvalue weighted by Crippen LogP contribution is -1.90. The number of phenolic OH excluding ortho intramolecular Hbond substituents is 1. The van der Waals surface area contributed by atoms with Gasteiger partial charge in [0, 0.05) is 15.4 Å². The van der Waals surface area contributed by atoms with Crippen LogP contribution in [0.2, 0.25) is 0 Å². The van der Waals surface area contributed by atoms with Gasteiger partial charge in [-0.05, 0) is 47.5 Å². The van der Waals surface area contributed by atoms with Crippen LogP contribution in [0, 0.1) is 0 Å². The van der Waals surface area contributed by atoms with Gasteiger partial charge in [-0.1, -0.05) is 58.4 Å². The number of nitrogens with zero attached hydrogens (tertiary/aromatic N) is 1. The number of aromatic hydroxyl groups is 1. The van der Waals surface area contributed by atoms with E-state index >= 15 is 0 Å². The van der Waals surface area contributed by atoms with Crippen molar-refractivity contribution in [1.29, 1.82) is 0 Å². The number of rotatable bonds is 2. The van der Waals surface area contributed by atoms with Gasteiger partial charge in [0.2, 0.25) is 0 Å². The van der Waals surface area contributed by atoms with Gasteiger partial charge in [0.15, 0.2) is 0 Å². The van der Waals surface area contributed by atoms with Gasteiger partial charge in [-0.15, -0.1) is 0 Å². The van der Waals surface area contributed by atoms with E-state index in [0.717, 1.165) is 37.8 Å². The normalized spacial score (nSPS) is 10.9. The summed E-state index contributed by atoms with van der Waals surface area (Å²) in [6.07, 6.45) is 0. The quantitative estimate of drug-likeness (QED) is 0.463. The largest absolute Gasteiger partial charge is 0.507 e. The van der Waals surface area contributed by atoms with Crippen LogP contribution in [-0.4, -0.2) is 10.1 Å². The molecule has 0 radical (unpaired) electrons. The highest BCUT2D eigenvalue weighted by Gasteiger charge is 2.12. The van der Waals surface area contributed by atoms with Crippen LogP contribution in [0.5, 0.6) is 5.75 Å². The van der Waals surface area contributed by atoms with Crippen LogP contribution >= 0.6 is 15.9 Å². The molecule has 0 aliphatic heterocycles. The Bertz CT molecular complexity index is 1030. The third-order valence-electron chi connectivity index (χ3n) is 4.04. The van der Waals surface area contributed by atoms with Crippen LogP contribution in [0.4, 0.5) is 0 Å². The molecule has 4 rings (SSSR count). The average molecular weight is 376 g/mol. The number of phenols is 1. The van der Waals surface area contributed by atoms with Gasteiger partial charge in [0.05, 0.1) is 11.2 Å². The van der Waals surface area contributed by atoms with Crippen molar-refractivity contribution >= 4 is 26.8 Å². The third kappa shape index (κ3) is 2.68. The van der Waals surface area contributed by atoms with Crippen LogP contribution in [0.15, 0.2) is 83.3 Å². The molecule has 0 atom stereocenters. The standard InChI is InChI=1S/C21H14BrNO/c22-15-10-11-19-18(12-15)17(14-6-2-1-3-7-14)13-20(23-19)16-8-4-5-9-21(16)24/h1-13,24H. The Morgan fingerprint density at radius 2 is 1.50 bits per heavy atom. The van der Waals surface area contributed by atoms with Gasteiger partial charge in [0.25, 0.3) is 0 Å². The molecule has 4 aromatic rings. The topological polar surface area (TPSA) is 33.1 Å². The highest BCUT2D eigenvalue weighted by atomic mass is 79.9. The lowest BCUT2D eigenvalue weighted by atomic mass is 9.98. The Hall–Kier alpha value is -2.65. The molecule has 1 aromatic heterocycles. The van der Waals surface area contributed by atoms with Gasteiger partial charge in [-0.3, -0.25) is 0 Å². The van der Waals surface area contributed by atoms with Crippen molar-refractivity contribution in [3.05, 3.63) is 83.3 Å². The Kier molecular flexibility index (Phi) is 3.79. The minimum Gasteiger partial charge on any atom is -0.507 e. The number of halogens is 1. The summed E-state index contributed by atoms with van der Waals surface area (Å²) in [6, 6.07) is 25.6. The highest BCUT2D eigenvalue weighted by Crippen LogP contribution is 2.35. The molecular weight excluding hydrogens is 362 g/mol. The van der Waals surface area contributed by atoms with E-state index in [1.54, 1.807) is 6.07 Å². The van der Waals surface area contributed by atoms with Gasteiger partial charge < -0.3 is 5.11 Å². The van der Waals surface area contributed by atoms with Crippen molar-refractivity contribution in [3.63, 3.8) is 0 Å². The number of hydrogen-bond acceptors (Lipinski definition) is 2. The number of fused-ring (bicyclic) bond motifs is 1. The predicted molar refractivity (Wildman–Crippen MR) is 102 cm³/mol. The number of benzene rings is 3. The van der Waals surface area contributed by atoms with E-state index in [0.29, 0.717) is 0 Å². The molecule has 0 spiro atoms. The maximum absolute atomic E-state index is 10.2. The molecule has 1 heterocycles. The molecule has 24 heavy (non-hydrogen) atoms. The minimum atomic E-state index is 0.237. The van der Waals surface area contributed by atoms with Crippen molar-refractivity contribution < 1.29 is 5.11 Å². The Balaban J connectivity index is 2.05. The molecule has 116 valence electrons. The van der Waals surface area contributed by atoms with Crippen LogP contribution in [0.25, 0.3) is 33.3 Å². The molecule has 1 N–H and O–H groups in total. The molecule has 3 heteroatoms. The number of aromatic nitrogens is 1. The van der Waals surface area contributed by atoms with Gasteiger partial charge in [-0.2, -0.15) is 0 Å². The van der Waals surface area contributed by atoms with Crippen LogP contribution in [-0.2, 0) is 0 Å². The molecule has 0 fully saturated rings. The van der Waals surface area contributed by atoms with E-state index in [4.69, 9.17) is 4.98 Å².